The van der Waals surface area contributed by atoms with E-state index in [-0.39, 0.29) is 17.1 Å². The van der Waals surface area contributed by atoms with Crippen LogP contribution in [0.25, 0.3) is 0 Å². The number of phenols is 1. The number of rotatable bonds is 2. The van der Waals surface area contributed by atoms with E-state index in [9.17, 15) is 18.3 Å². The first-order valence-electron chi connectivity index (χ1n) is 7.05. The average molecular weight is 308 g/mol. The van der Waals surface area contributed by atoms with Crippen molar-refractivity contribution in [2.24, 2.45) is 5.41 Å². The Morgan fingerprint density at radius 2 is 1.45 bits per heavy atom. The lowest BCUT2D eigenvalue weighted by molar-refractivity contribution is -0.137. The molecule has 0 bridgehead atoms. The average Bonchev–Trinajstić information content (AvgIpc) is 2.39. The highest BCUT2D eigenvalue weighted by molar-refractivity contribution is 5.39. The van der Waals surface area contributed by atoms with Gasteiger partial charge in [0.25, 0.3) is 0 Å². The van der Waals surface area contributed by atoms with Crippen LogP contribution in [0.3, 0.4) is 0 Å². The maximum atomic E-state index is 13.0. The fraction of sp³-hybridized carbons (Fsp3) is 0.333. The van der Waals surface area contributed by atoms with Gasteiger partial charge >= 0.3 is 6.18 Å². The van der Waals surface area contributed by atoms with E-state index in [0.29, 0.717) is 5.56 Å². The van der Waals surface area contributed by atoms with E-state index in [1.807, 2.05) is 20.8 Å². The molecule has 0 aliphatic rings. The highest BCUT2D eigenvalue weighted by Gasteiger charge is 2.33. The highest BCUT2D eigenvalue weighted by atomic mass is 19.4. The lowest BCUT2D eigenvalue weighted by Gasteiger charge is -2.32. The molecule has 0 radical (unpaired) electrons. The number of benzene rings is 2. The molecular weight excluding hydrogens is 289 g/mol. The molecule has 4 heteroatoms. The fourth-order valence-corrected chi connectivity index (χ4v) is 2.75. The van der Waals surface area contributed by atoms with Crippen LogP contribution in [0, 0.1) is 5.41 Å². The van der Waals surface area contributed by atoms with Gasteiger partial charge < -0.3 is 5.11 Å². The standard InChI is InChI=1S/C18H19F3O/c1-17(2,3)16(12-7-9-15(22)10-8-12)13-5-4-6-14(11-13)18(19,20)21/h4-11,16,22H,1-3H3. The van der Waals surface area contributed by atoms with Crippen LogP contribution in [-0.2, 0) is 6.18 Å². The van der Waals surface area contributed by atoms with Crippen molar-refractivity contribution < 1.29 is 18.3 Å². The summed E-state index contributed by atoms with van der Waals surface area (Å²) in [4.78, 5) is 0. The van der Waals surface area contributed by atoms with E-state index in [4.69, 9.17) is 0 Å². The maximum absolute atomic E-state index is 13.0. The molecule has 0 aliphatic carbocycles. The van der Waals surface area contributed by atoms with Gasteiger partial charge in [-0.2, -0.15) is 13.2 Å². The molecule has 0 saturated carbocycles. The fourth-order valence-electron chi connectivity index (χ4n) is 2.75. The molecule has 2 rings (SSSR count). The first-order chi connectivity index (χ1) is 10.1. The van der Waals surface area contributed by atoms with Crippen LogP contribution >= 0.6 is 0 Å². The molecule has 0 fully saturated rings. The first kappa shape index (κ1) is 16.4. The third kappa shape index (κ3) is 3.62. The molecule has 1 nitrogen and oxygen atoms in total. The van der Waals surface area contributed by atoms with Crippen molar-refractivity contribution in [3.8, 4) is 5.75 Å². The van der Waals surface area contributed by atoms with Gasteiger partial charge in [-0.1, -0.05) is 51.1 Å². The summed E-state index contributed by atoms with van der Waals surface area (Å²) >= 11 is 0. The van der Waals surface area contributed by atoms with Crippen LogP contribution in [-0.4, -0.2) is 5.11 Å². The Balaban J connectivity index is 2.54. The summed E-state index contributed by atoms with van der Waals surface area (Å²) in [6.45, 7) is 5.97. The van der Waals surface area contributed by atoms with Crippen LogP contribution in [0.5, 0.6) is 5.75 Å². The molecule has 1 atom stereocenters. The van der Waals surface area contributed by atoms with Gasteiger partial charge in [0, 0.05) is 5.92 Å². The Hall–Kier alpha value is -1.97. The molecule has 0 aromatic heterocycles. The van der Waals surface area contributed by atoms with E-state index in [1.54, 1.807) is 30.3 Å². The van der Waals surface area contributed by atoms with Crippen molar-refractivity contribution in [1.82, 2.24) is 0 Å². The number of hydrogen-bond acceptors (Lipinski definition) is 1. The summed E-state index contributed by atoms with van der Waals surface area (Å²) in [6, 6.07) is 12.1. The smallest absolute Gasteiger partial charge is 0.416 e. The van der Waals surface area contributed by atoms with Gasteiger partial charge in [0.05, 0.1) is 5.56 Å². The van der Waals surface area contributed by atoms with Gasteiger partial charge in [-0.25, -0.2) is 0 Å². The zero-order valence-electron chi connectivity index (χ0n) is 12.8. The van der Waals surface area contributed by atoms with Crippen LogP contribution in [0.15, 0.2) is 48.5 Å². The topological polar surface area (TPSA) is 20.2 Å². The predicted octanol–water partition coefficient (Wildman–Crippen LogP) is 5.59. The first-order valence-corrected chi connectivity index (χ1v) is 7.05. The van der Waals surface area contributed by atoms with Gasteiger partial charge in [-0.3, -0.25) is 0 Å². The van der Waals surface area contributed by atoms with Gasteiger partial charge in [0.1, 0.15) is 5.75 Å². The van der Waals surface area contributed by atoms with E-state index in [2.05, 4.69) is 0 Å². The zero-order chi connectivity index (χ0) is 16.5. The lowest BCUT2D eigenvalue weighted by Crippen LogP contribution is -2.20. The Morgan fingerprint density at radius 1 is 0.864 bits per heavy atom. The molecule has 0 amide bonds. The SMILES string of the molecule is CC(C)(C)C(c1ccc(O)cc1)c1cccc(C(F)(F)F)c1. The molecule has 118 valence electrons. The minimum absolute atomic E-state index is 0.139. The van der Waals surface area contributed by atoms with Gasteiger partial charge in [-0.05, 0) is 34.7 Å². The number of aromatic hydroxyl groups is 1. The largest absolute Gasteiger partial charge is 0.508 e. The summed E-state index contributed by atoms with van der Waals surface area (Å²) in [6.07, 6.45) is -4.35. The molecule has 0 spiro atoms. The third-order valence-corrected chi connectivity index (χ3v) is 3.64. The lowest BCUT2D eigenvalue weighted by atomic mass is 9.72. The third-order valence-electron chi connectivity index (χ3n) is 3.64. The van der Waals surface area contributed by atoms with Crippen molar-refractivity contribution in [3.05, 3.63) is 65.2 Å². The summed E-state index contributed by atoms with van der Waals surface area (Å²) < 4.78 is 38.9. The van der Waals surface area contributed by atoms with Gasteiger partial charge in [0.2, 0.25) is 0 Å². The van der Waals surface area contributed by atoms with Crippen molar-refractivity contribution in [2.75, 3.05) is 0 Å². The van der Waals surface area contributed by atoms with Crippen LogP contribution in [0.4, 0.5) is 13.2 Å². The molecule has 2 aromatic rings. The minimum atomic E-state index is -4.35. The second-order valence-corrected chi connectivity index (χ2v) is 6.51. The van der Waals surface area contributed by atoms with E-state index in [0.717, 1.165) is 11.6 Å². The molecule has 0 aliphatic heterocycles. The van der Waals surface area contributed by atoms with E-state index < -0.39 is 11.7 Å². The number of hydrogen-bond donors (Lipinski definition) is 1. The number of alkyl halides is 3. The molecule has 22 heavy (non-hydrogen) atoms. The van der Waals surface area contributed by atoms with Crippen LogP contribution in [0.2, 0.25) is 0 Å². The zero-order valence-corrected chi connectivity index (χ0v) is 12.8. The van der Waals surface area contributed by atoms with Crippen molar-refractivity contribution in [1.29, 1.82) is 0 Å². The number of phenolic OH excluding ortho intramolecular Hbond substituents is 1. The summed E-state index contributed by atoms with van der Waals surface area (Å²) in [5, 5.41) is 9.41. The van der Waals surface area contributed by atoms with Gasteiger partial charge in [0.15, 0.2) is 0 Å². The molecular formula is C18H19F3O. The normalized spacial score (nSPS) is 13.9. The quantitative estimate of drug-likeness (QED) is 0.767. The Labute approximate surface area is 128 Å². The van der Waals surface area contributed by atoms with E-state index >= 15 is 0 Å². The second-order valence-electron chi connectivity index (χ2n) is 6.51. The van der Waals surface area contributed by atoms with Crippen LogP contribution < -0.4 is 0 Å². The molecule has 1 unspecified atom stereocenters. The van der Waals surface area contributed by atoms with Gasteiger partial charge in [-0.15, -0.1) is 0 Å². The molecule has 0 heterocycles. The second kappa shape index (κ2) is 5.67. The summed E-state index contributed by atoms with van der Waals surface area (Å²) in [5.74, 6) is -0.0594. The summed E-state index contributed by atoms with van der Waals surface area (Å²) in [7, 11) is 0. The monoisotopic (exact) mass is 308 g/mol. The molecule has 2 aromatic carbocycles. The van der Waals surface area contributed by atoms with Crippen molar-refractivity contribution >= 4 is 0 Å². The Bertz CT molecular complexity index is 637. The Kier molecular flexibility index (Phi) is 4.23. The van der Waals surface area contributed by atoms with Crippen LogP contribution in [0.1, 0.15) is 43.4 Å². The Morgan fingerprint density at radius 3 is 1.95 bits per heavy atom. The van der Waals surface area contributed by atoms with Crippen molar-refractivity contribution in [3.63, 3.8) is 0 Å². The predicted molar refractivity (Wildman–Crippen MR) is 80.8 cm³/mol. The van der Waals surface area contributed by atoms with Crippen molar-refractivity contribution in [2.45, 2.75) is 32.9 Å². The minimum Gasteiger partial charge on any atom is -0.508 e. The van der Waals surface area contributed by atoms with E-state index in [1.165, 1.54) is 12.1 Å². The molecule has 1 N–H and O–H groups in total. The summed E-state index contributed by atoms with van der Waals surface area (Å²) in [5.41, 5.74) is 0.594. The molecule has 0 saturated heterocycles. The number of halogens is 3. The highest BCUT2D eigenvalue weighted by Crippen LogP contribution is 2.42. The maximum Gasteiger partial charge on any atom is 0.416 e.